The lowest BCUT2D eigenvalue weighted by atomic mass is 10.1. The second-order valence-corrected chi connectivity index (χ2v) is 8.48. The quantitative estimate of drug-likeness (QED) is 0.476. The van der Waals surface area contributed by atoms with E-state index in [1.807, 2.05) is 63.2 Å². The molecule has 1 unspecified atom stereocenters. The van der Waals surface area contributed by atoms with Crippen LogP contribution in [0, 0.1) is 11.7 Å². The van der Waals surface area contributed by atoms with Crippen molar-refractivity contribution in [1.82, 2.24) is 10.2 Å². The normalized spacial score (nSPS) is 11.9. The molecule has 3 rings (SSSR count). The van der Waals surface area contributed by atoms with Gasteiger partial charge < -0.3 is 15.0 Å². The lowest BCUT2D eigenvalue weighted by Crippen LogP contribution is -2.50. The minimum atomic E-state index is -0.655. The lowest BCUT2D eigenvalue weighted by Gasteiger charge is -2.31. The highest BCUT2D eigenvalue weighted by Crippen LogP contribution is 2.25. The molecule has 0 saturated heterocycles. The number of carbonyl (C=O) groups is 2. The molecule has 0 bridgehead atoms. The van der Waals surface area contributed by atoms with Crippen LogP contribution in [0.25, 0.3) is 10.8 Å². The van der Waals surface area contributed by atoms with Gasteiger partial charge in [-0.1, -0.05) is 69.3 Å². The fourth-order valence-electron chi connectivity index (χ4n) is 3.67. The number of hydrogen-bond acceptors (Lipinski definition) is 3. The van der Waals surface area contributed by atoms with Gasteiger partial charge in [0.05, 0.1) is 0 Å². The molecule has 0 saturated carbocycles. The molecule has 3 aromatic carbocycles. The number of benzene rings is 3. The molecule has 0 aliphatic heterocycles. The number of amides is 2. The summed E-state index contributed by atoms with van der Waals surface area (Å²) in [6, 6.07) is 18.8. The summed E-state index contributed by atoms with van der Waals surface area (Å²) in [7, 11) is 0. The molecule has 0 fully saturated rings. The summed E-state index contributed by atoms with van der Waals surface area (Å²) in [6.45, 7) is 6.41. The predicted octanol–water partition coefficient (Wildman–Crippen LogP) is 4.94. The second kappa shape index (κ2) is 11.5. The lowest BCUT2D eigenvalue weighted by molar-refractivity contribution is -0.143. The van der Waals surface area contributed by atoms with E-state index in [0.717, 1.165) is 16.3 Å². The summed E-state index contributed by atoms with van der Waals surface area (Å²) < 4.78 is 19.3. The molecule has 1 atom stereocenters. The number of nitrogens with zero attached hydrogens (tertiary/aromatic N) is 1. The number of hydrogen-bond donors (Lipinski definition) is 1. The van der Waals surface area contributed by atoms with Crippen LogP contribution >= 0.6 is 0 Å². The first-order valence-corrected chi connectivity index (χ1v) is 11.3. The van der Waals surface area contributed by atoms with Crippen molar-refractivity contribution in [1.29, 1.82) is 0 Å². The Kier molecular flexibility index (Phi) is 8.41. The zero-order chi connectivity index (χ0) is 23.8. The number of nitrogens with one attached hydrogen (secondary N) is 1. The Bertz CT molecular complexity index is 1080. The third-order valence-electron chi connectivity index (χ3n) is 5.44. The summed E-state index contributed by atoms with van der Waals surface area (Å²) in [4.78, 5) is 27.7. The Morgan fingerprint density at radius 2 is 1.70 bits per heavy atom. The van der Waals surface area contributed by atoms with Gasteiger partial charge >= 0.3 is 0 Å². The van der Waals surface area contributed by atoms with Crippen LogP contribution in [0.3, 0.4) is 0 Å². The van der Waals surface area contributed by atoms with Gasteiger partial charge in [0, 0.05) is 18.5 Å². The molecule has 2 amide bonds. The van der Waals surface area contributed by atoms with Crippen molar-refractivity contribution in [2.75, 3.05) is 13.2 Å². The summed E-state index contributed by atoms with van der Waals surface area (Å²) in [5.41, 5.74) is 0.741. The minimum Gasteiger partial charge on any atom is -0.483 e. The first kappa shape index (κ1) is 24.2. The Hall–Kier alpha value is -3.41. The Morgan fingerprint density at radius 1 is 1.00 bits per heavy atom. The van der Waals surface area contributed by atoms with Crippen molar-refractivity contribution < 1.29 is 18.7 Å². The van der Waals surface area contributed by atoms with Crippen LogP contribution < -0.4 is 10.1 Å². The molecule has 6 heteroatoms. The van der Waals surface area contributed by atoms with Gasteiger partial charge in [0.15, 0.2) is 6.61 Å². The van der Waals surface area contributed by atoms with E-state index in [1.165, 1.54) is 17.0 Å². The molecule has 0 aliphatic rings. The largest absolute Gasteiger partial charge is 0.483 e. The SMILES string of the molecule is CCC(C(=O)NCC(C)C)N(Cc1ccc(F)cc1)C(=O)COc1cccc2ccccc12. The fraction of sp³-hybridized carbons (Fsp3) is 0.333. The van der Waals surface area contributed by atoms with Crippen LogP contribution in [0.5, 0.6) is 5.75 Å². The fourth-order valence-corrected chi connectivity index (χ4v) is 3.67. The third kappa shape index (κ3) is 6.54. The molecular formula is C27H31FN2O3. The molecule has 3 aromatic rings. The van der Waals surface area contributed by atoms with Gasteiger partial charge in [-0.05, 0) is 41.5 Å². The van der Waals surface area contributed by atoms with Crippen LogP contribution in [0.1, 0.15) is 32.8 Å². The van der Waals surface area contributed by atoms with E-state index in [2.05, 4.69) is 5.32 Å². The molecule has 0 radical (unpaired) electrons. The van der Waals surface area contributed by atoms with E-state index in [0.29, 0.717) is 24.6 Å². The molecule has 1 N–H and O–H groups in total. The summed E-state index contributed by atoms with van der Waals surface area (Å²) in [5.74, 6) is 0.0474. The molecule has 5 nitrogen and oxygen atoms in total. The zero-order valence-corrected chi connectivity index (χ0v) is 19.4. The van der Waals surface area contributed by atoms with E-state index in [4.69, 9.17) is 4.74 Å². The number of halogens is 1. The summed E-state index contributed by atoms with van der Waals surface area (Å²) >= 11 is 0. The van der Waals surface area contributed by atoms with E-state index in [1.54, 1.807) is 12.1 Å². The van der Waals surface area contributed by atoms with Gasteiger partial charge in [-0.25, -0.2) is 4.39 Å². The van der Waals surface area contributed by atoms with Gasteiger partial charge in [-0.15, -0.1) is 0 Å². The highest BCUT2D eigenvalue weighted by atomic mass is 19.1. The topological polar surface area (TPSA) is 58.6 Å². The van der Waals surface area contributed by atoms with Crippen LogP contribution in [0.15, 0.2) is 66.7 Å². The maximum atomic E-state index is 13.4. The molecule has 0 aliphatic carbocycles. The van der Waals surface area contributed by atoms with Gasteiger partial charge in [0.1, 0.15) is 17.6 Å². The van der Waals surface area contributed by atoms with Crippen molar-refractivity contribution in [3.8, 4) is 5.75 Å². The maximum Gasteiger partial charge on any atom is 0.261 e. The Balaban J connectivity index is 1.81. The van der Waals surface area contributed by atoms with Crippen LogP contribution in [0.4, 0.5) is 4.39 Å². The Labute approximate surface area is 194 Å². The van der Waals surface area contributed by atoms with Crippen molar-refractivity contribution in [3.63, 3.8) is 0 Å². The highest BCUT2D eigenvalue weighted by Gasteiger charge is 2.29. The maximum absolute atomic E-state index is 13.4. The van der Waals surface area contributed by atoms with Crippen molar-refractivity contribution >= 4 is 22.6 Å². The molecule has 0 aromatic heterocycles. The highest BCUT2D eigenvalue weighted by molar-refractivity contribution is 5.90. The third-order valence-corrected chi connectivity index (χ3v) is 5.44. The van der Waals surface area contributed by atoms with Crippen LogP contribution in [-0.2, 0) is 16.1 Å². The average Bonchev–Trinajstić information content (AvgIpc) is 2.82. The van der Waals surface area contributed by atoms with Gasteiger partial charge in [-0.3, -0.25) is 9.59 Å². The summed E-state index contributed by atoms with van der Waals surface area (Å²) in [5, 5.41) is 4.86. The van der Waals surface area contributed by atoms with E-state index >= 15 is 0 Å². The van der Waals surface area contributed by atoms with E-state index in [-0.39, 0.29) is 30.8 Å². The van der Waals surface area contributed by atoms with Crippen molar-refractivity contribution in [2.45, 2.75) is 39.8 Å². The minimum absolute atomic E-state index is 0.186. The monoisotopic (exact) mass is 450 g/mol. The van der Waals surface area contributed by atoms with E-state index in [9.17, 15) is 14.0 Å². The van der Waals surface area contributed by atoms with E-state index < -0.39 is 6.04 Å². The molecule has 0 heterocycles. The standard InChI is InChI=1S/C27H31FN2O3/c1-4-24(27(32)29-16-19(2)3)30(17-20-12-14-22(28)15-13-20)26(31)18-33-25-11-7-9-21-8-5-6-10-23(21)25/h5-15,19,24H,4,16-18H2,1-3H3,(H,29,32). The van der Waals surface area contributed by atoms with Crippen molar-refractivity contribution in [3.05, 3.63) is 78.1 Å². The zero-order valence-electron chi connectivity index (χ0n) is 19.4. The summed E-state index contributed by atoms with van der Waals surface area (Å²) in [6.07, 6.45) is 0.450. The van der Waals surface area contributed by atoms with Gasteiger partial charge in [0.25, 0.3) is 5.91 Å². The molecule has 0 spiro atoms. The number of fused-ring (bicyclic) bond motifs is 1. The van der Waals surface area contributed by atoms with Crippen molar-refractivity contribution in [2.24, 2.45) is 5.92 Å². The number of rotatable bonds is 10. The molecule has 33 heavy (non-hydrogen) atoms. The second-order valence-electron chi connectivity index (χ2n) is 8.48. The smallest absolute Gasteiger partial charge is 0.261 e. The first-order valence-electron chi connectivity index (χ1n) is 11.3. The first-order chi connectivity index (χ1) is 15.9. The number of ether oxygens (including phenoxy) is 1. The predicted molar refractivity (Wildman–Crippen MR) is 128 cm³/mol. The molecule has 174 valence electrons. The Morgan fingerprint density at radius 3 is 2.39 bits per heavy atom. The van der Waals surface area contributed by atoms with Crippen LogP contribution in [-0.4, -0.2) is 35.9 Å². The number of carbonyl (C=O) groups excluding carboxylic acids is 2. The average molecular weight is 451 g/mol. The molecular weight excluding hydrogens is 419 g/mol. The van der Waals surface area contributed by atoms with Gasteiger partial charge in [-0.2, -0.15) is 0 Å². The van der Waals surface area contributed by atoms with Crippen LogP contribution in [0.2, 0.25) is 0 Å². The van der Waals surface area contributed by atoms with Gasteiger partial charge in [0.2, 0.25) is 5.91 Å².